The van der Waals surface area contributed by atoms with E-state index < -0.39 is 0 Å². The van der Waals surface area contributed by atoms with Crippen molar-refractivity contribution in [3.8, 4) is 11.1 Å². The molecule has 142 valence electrons. The van der Waals surface area contributed by atoms with Gasteiger partial charge < -0.3 is 0 Å². The molecule has 6 heteroatoms. The lowest BCUT2D eigenvalue weighted by molar-refractivity contribution is 0.198. The average molecular weight is 384 g/mol. The van der Waals surface area contributed by atoms with E-state index in [1.165, 1.54) is 35.2 Å². The minimum Gasteiger partial charge on any atom is -0.298 e. The lowest BCUT2D eigenvalue weighted by atomic mass is 9.90. The average Bonchev–Trinajstić information content (AvgIpc) is 3.30. The predicted molar refractivity (Wildman–Crippen MR) is 109 cm³/mol. The molecule has 1 atom stereocenters. The number of nitrogens with zero attached hydrogens (tertiary/aromatic N) is 4. The first kappa shape index (κ1) is 18.3. The van der Waals surface area contributed by atoms with Crippen LogP contribution < -0.4 is 0 Å². The third-order valence-corrected chi connectivity index (χ3v) is 5.76. The molecule has 1 saturated heterocycles. The van der Waals surface area contributed by atoms with Crippen LogP contribution in [0, 0.1) is 6.92 Å². The SMILES string of the molecule is CCn1cc(CN2CCCC(c3[nH]ncc3-c3ccc(Cl)cc3)C2)c(C)n1. The van der Waals surface area contributed by atoms with Crippen LogP contribution in [0.5, 0.6) is 0 Å². The fourth-order valence-corrected chi connectivity index (χ4v) is 4.14. The number of aromatic nitrogens is 4. The molecule has 0 spiro atoms. The van der Waals surface area contributed by atoms with E-state index in [4.69, 9.17) is 11.6 Å². The smallest absolute Gasteiger partial charge is 0.0638 e. The van der Waals surface area contributed by atoms with Gasteiger partial charge in [0.15, 0.2) is 0 Å². The van der Waals surface area contributed by atoms with Crippen LogP contribution in [-0.2, 0) is 13.1 Å². The van der Waals surface area contributed by atoms with E-state index in [0.29, 0.717) is 5.92 Å². The van der Waals surface area contributed by atoms with Crippen LogP contribution in [0.3, 0.4) is 0 Å². The summed E-state index contributed by atoms with van der Waals surface area (Å²) in [5, 5.41) is 13.0. The molecule has 1 aromatic carbocycles. The van der Waals surface area contributed by atoms with Gasteiger partial charge in [-0.05, 0) is 50.9 Å². The van der Waals surface area contributed by atoms with Crippen molar-refractivity contribution in [3.63, 3.8) is 0 Å². The summed E-state index contributed by atoms with van der Waals surface area (Å²) < 4.78 is 2.03. The van der Waals surface area contributed by atoms with Gasteiger partial charge in [0.2, 0.25) is 0 Å². The van der Waals surface area contributed by atoms with Gasteiger partial charge in [-0.25, -0.2) is 0 Å². The molecule has 0 bridgehead atoms. The Balaban J connectivity index is 1.51. The van der Waals surface area contributed by atoms with Crippen molar-refractivity contribution >= 4 is 11.6 Å². The quantitative estimate of drug-likeness (QED) is 0.698. The van der Waals surface area contributed by atoms with Gasteiger partial charge in [0.1, 0.15) is 0 Å². The summed E-state index contributed by atoms with van der Waals surface area (Å²) in [6, 6.07) is 8.02. The van der Waals surface area contributed by atoms with Gasteiger partial charge >= 0.3 is 0 Å². The highest BCUT2D eigenvalue weighted by molar-refractivity contribution is 6.30. The Kier molecular flexibility index (Phi) is 5.32. The van der Waals surface area contributed by atoms with E-state index in [-0.39, 0.29) is 0 Å². The number of likely N-dealkylation sites (tertiary alicyclic amines) is 1. The van der Waals surface area contributed by atoms with E-state index >= 15 is 0 Å². The maximum atomic E-state index is 6.05. The first-order chi connectivity index (χ1) is 13.1. The van der Waals surface area contributed by atoms with Gasteiger partial charge in [-0.1, -0.05) is 23.7 Å². The Morgan fingerprint density at radius 1 is 1.26 bits per heavy atom. The molecule has 2 aromatic heterocycles. The first-order valence-electron chi connectivity index (χ1n) is 9.68. The Morgan fingerprint density at radius 3 is 2.81 bits per heavy atom. The molecule has 27 heavy (non-hydrogen) atoms. The van der Waals surface area contributed by atoms with Gasteiger partial charge in [0, 0.05) is 53.6 Å². The molecule has 1 aliphatic heterocycles. The second-order valence-electron chi connectivity index (χ2n) is 7.37. The molecule has 3 aromatic rings. The highest BCUT2D eigenvalue weighted by Crippen LogP contribution is 2.34. The minimum atomic E-state index is 0.466. The van der Waals surface area contributed by atoms with Gasteiger partial charge in [0.05, 0.1) is 11.9 Å². The van der Waals surface area contributed by atoms with Crippen molar-refractivity contribution < 1.29 is 0 Å². The molecule has 5 nitrogen and oxygen atoms in total. The summed E-state index contributed by atoms with van der Waals surface area (Å²) in [7, 11) is 0. The number of nitrogens with one attached hydrogen (secondary N) is 1. The number of benzene rings is 1. The first-order valence-corrected chi connectivity index (χ1v) is 10.1. The molecule has 0 radical (unpaired) electrons. The molecule has 0 amide bonds. The zero-order valence-electron chi connectivity index (χ0n) is 16.0. The Bertz CT molecular complexity index is 896. The molecule has 0 aliphatic carbocycles. The Hall–Kier alpha value is -2.11. The molecule has 1 fully saturated rings. The van der Waals surface area contributed by atoms with Crippen molar-refractivity contribution in [1.82, 2.24) is 24.9 Å². The zero-order chi connectivity index (χ0) is 18.8. The molecule has 4 rings (SSSR count). The molecule has 1 N–H and O–H groups in total. The summed E-state index contributed by atoms with van der Waals surface area (Å²) in [4.78, 5) is 2.55. The van der Waals surface area contributed by atoms with Crippen LogP contribution in [0.15, 0.2) is 36.7 Å². The van der Waals surface area contributed by atoms with Crippen molar-refractivity contribution in [1.29, 1.82) is 0 Å². The second kappa shape index (κ2) is 7.87. The maximum Gasteiger partial charge on any atom is 0.0638 e. The van der Waals surface area contributed by atoms with Crippen LogP contribution in [0.1, 0.15) is 42.6 Å². The van der Waals surface area contributed by atoms with Crippen molar-refractivity contribution in [3.05, 3.63) is 58.6 Å². The van der Waals surface area contributed by atoms with Gasteiger partial charge in [-0.15, -0.1) is 0 Å². The van der Waals surface area contributed by atoms with Gasteiger partial charge in [-0.3, -0.25) is 14.7 Å². The highest BCUT2D eigenvalue weighted by Gasteiger charge is 2.25. The summed E-state index contributed by atoms with van der Waals surface area (Å²) in [5.74, 6) is 0.466. The van der Waals surface area contributed by atoms with Crippen molar-refractivity contribution in [2.75, 3.05) is 13.1 Å². The zero-order valence-corrected chi connectivity index (χ0v) is 16.7. The minimum absolute atomic E-state index is 0.466. The number of aryl methyl sites for hydroxylation is 2. The number of halogens is 1. The predicted octanol–water partition coefficient (Wildman–Crippen LogP) is 4.63. The van der Waals surface area contributed by atoms with Gasteiger partial charge in [0.25, 0.3) is 0 Å². The summed E-state index contributed by atoms with van der Waals surface area (Å²) >= 11 is 6.05. The monoisotopic (exact) mass is 383 g/mol. The van der Waals surface area contributed by atoms with E-state index in [9.17, 15) is 0 Å². The van der Waals surface area contributed by atoms with Crippen LogP contribution in [-0.4, -0.2) is 38.0 Å². The summed E-state index contributed by atoms with van der Waals surface area (Å²) in [6.45, 7) is 8.30. The number of hydrogen-bond donors (Lipinski definition) is 1. The number of rotatable bonds is 5. The fraction of sp³-hybridized carbons (Fsp3) is 0.429. The van der Waals surface area contributed by atoms with Gasteiger partial charge in [-0.2, -0.15) is 10.2 Å². The van der Waals surface area contributed by atoms with Crippen LogP contribution in [0.2, 0.25) is 5.02 Å². The standard InChI is InChI=1S/C21H26ClN5/c1-3-27-14-18(15(2)25-27)13-26-10-4-5-17(12-26)21-20(11-23-24-21)16-6-8-19(22)9-7-16/h6-9,11,14,17H,3-5,10,12-13H2,1-2H3,(H,23,24). The Morgan fingerprint density at radius 2 is 2.07 bits per heavy atom. The third kappa shape index (κ3) is 3.94. The Labute approximate surface area is 165 Å². The molecular weight excluding hydrogens is 358 g/mol. The van der Waals surface area contributed by atoms with Crippen molar-refractivity contribution in [2.24, 2.45) is 0 Å². The van der Waals surface area contributed by atoms with E-state index in [1.54, 1.807) is 0 Å². The van der Waals surface area contributed by atoms with E-state index in [1.807, 2.05) is 23.0 Å². The lowest BCUT2D eigenvalue weighted by Crippen LogP contribution is -2.34. The van der Waals surface area contributed by atoms with Crippen LogP contribution in [0.25, 0.3) is 11.1 Å². The number of piperidine rings is 1. The largest absolute Gasteiger partial charge is 0.298 e. The molecule has 1 unspecified atom stereocenters. The topological polar surface area (TPSA) is 49.7 Å². The molecular formula is C21H26ClN5. The lowest BCUT2D eigenvalue weighted by Gasteiger charge is -2.32. The normalized spacial score (nSPS) is 18.1. The summed E-state index contributed by atoms with van der Waals surface area (Å²) in [5.41, 5.74) is 6.07. The van der Waals surface area contributed by atoms with E-state index in [2.05, 4.69) is 52.4 Å². The number of aromatic amines is 1. The molecule has 0 saturated carbocycles. The number of hydrogen-bond acceptors (Lipinski definition) is 3. The van der Waals surface area contributed by atoms with E-state index in [0.717, 1.165) is 36.9 Å². The number of H-pyrrole nitrogens is 1. The fourth-order valence-electron chi connectivity index (χ4n) is 4.02. The van der Waals surface area contributed by atoms with Crippen LogP contribution >= 0.6 is 11.6 Å². The third-order valence-electron chi connectivity index (χ3n) is 5.50. The summed E-state index contributed by atoms with van der Waals surface area (Å²) in [6.07, 6.45) is 6.51. The van der Waals surface area contributed by atoms with Crippen molar-refractivity contribution in [2.45, 2.75) is 45.7 Å². The molecule has 1 aliphatic rings. The maximum absolute atomic E-state index is 6.05. The highest BCUT2D eigenvalue weighted by atomic mass is 35.5. The van der Waals surface area contributed by atoms with Crippen LogP contribution in [0.4, 0.5) is 0 Å². The molecule has 3 heterocycles. The second-order valence-corrected chi connectivity index (χ2v) is 7.81.